The summed E-state index contributed by atoms with van der Waals surface area (Å²) in [5, 5.41) is 10.8. The molecule has 0 bridgehead atoms. The van der Waals surface area contributed by atoms with Crippen molar-refractivity contribution in [3.63, 3.8) is 0 Å². The first kappa shape index (κ1) is 14.2. The average molecular weight is 260 g/mol. The van der Waals surface area contributed by atoms with E-state index in [2.05, 4.69) is 13.8 Å². The molecule has 0 aliphatic heterocycles. The highest BCUT2D eigenvalue weighted by atomic mass is 19.3. The predicted octanol–water partition coefficient (Wildman–Crippen LogP) is 4.39. The topological polar surface area (TPSA) is 20.2 Å². The summed E-state index contributed by atoms with van der Waals surface area (Å²) >= 11 is 0. The number of halogens is 2. The third-order valence-electron chi connectivity index (χ3n) is 5.10. The Hall–Kier alpha value is -0.180. The summed E-state index contributed by atoms with van der Waals surface area (Å²) < 4.78 is 26.9. The number of rotatable bonds is 2. The van der Waals surface area contributed by atoms with Gasteiger partial charge < -0.3 is 5.11 Å². The molecule has 18 heavy (non-hydrogen) atoms. The van der Waals surface area contributed by atoms with Crippen LogP contribution in [0.4, 0.5) is 8.78 Å². The minimum absolute atomic E-state index is 0.00602. The molecule has 2 aliphatic carbocycles. The van der Waals surface area contributed by atoms with Crippen molar-refractivity contribution in [3.05, 3.63) is 0 Å². The maximum atomic E-state index is 13.4. The second-order valence-corrected chi connectivity index (χ2v) is 6.91. The lowest BCUT2D eigenvalue weighted by molar-refractivity contribution is -0.102. The molecule has 0 aromatic rings. The van der Waals surface area contributed by atoms with Gasteiger partial charge in [0.15, 0.2) is 0 Å². The molecule has 4 atom stereocenters. The van der Waals surface area contributed by atoms with Crippen molar-refractivity contribution in [1.82, 2.24) is 0 Å². The van der Waals surface area contributed by atoms with Gasteiger partial charge in [-0.2, -0.15) is 0 Å². The molecule has 0 amide bonds. The molecule has 0 saturated heterocycles. The van der Waals surface area contributed by atoms with Gasteiger partial charge in [-0.15, -0.1) is 0 Å². The summed E-state index contributed by atoms with van der Waals surface area (Å²) in [4.78, 5) is 0. The summed E-state index contributed by atoms with van der Waals surface area (Å²) in [5.74, 6) is -1.71. The molecule has 1 nitrogen and oxygen atoms in total. The molecule has 3 heteroatoms. The van der Waals surface area contributed by atoms with Crippen LogP contribution in [-0.4, -0.2) is 16.6 Å². The van der Waals surface area contributed by atoms with Gasteiger partial charge >= 0.3 is 0 Å². The molecular weight excluding hydrogens is 234 g/mol. The summed E-state index contributed by atoms with van der Waals surface area (Å²) in [6.45, 7) is 4.24. The lowest BCUT2D eigenvalue weighted by Crippen LogP contribution is -2.44. The monoisotopic (exact) mass is 260 g/mol. The Morgan fingerprint density at radius 3 is 2.50 bits per heavy atom. The number of hydrogen-bond donors (Lipinski definition) is 1. The highest BCUT2D eigenvalue weighted by Crippen LogP contribution is 2.45. The standard InChI is InChI=1S/C15H26F2O/c1-11-5-6-12(2)14(18,8-11)9-13-4-3-7-15(16,17)10-13/h11-13,18H,3-10H2,1-2H3. The predicted molar refractivity (Wildman–Crippen MR) is 68.7 cm³/mol. The van der Waals surface area contributed by atoms with Gasteiger partial charge in [-0.1, -0.05) is 20.3 Å². The summed E-state index contributed by atoms with van der Waals surface area (Å²) in [6, 6.07) is 0. The quantitative estimate of drug-likeness (QED) is 0.780. The molecule has 2 aliphatic rings. The second-order valence-electron chi connectivity index (χ2n) is 6.91. The molecule has 0 spiro atoms. The van der Waals surface area contributed by atoms with Gasteiger partial charge in [0.05, 0.1) is 5.60 Å². The minimum atomic E-state index is -2.50. The molecule has 2 rings (SSSR count). The minimum Gasteiger partial charge on any atom is -0.390 e. The smallest absolute Gasteiger partial charge is 0.248 e. The first-order valence-electron chi connectivity index (χ1n) is 7.41. The molecule has 2 fully saturated rings. The second kappa shape index (κ2) is 5.07. The Bertz CT molecular complexity index is 292. The maximum Gasteiger partial charge on any atom is 0.248 e. The van der Waals surface area contributed by atoms with E-state index in [0.29, 0.717) is 18.8 Å². The fourth-order valence-electron chi connectivity index (χ4n) is 3.94. The fourth-order valence-corrected chi connectivity index (χ4v) is 3.94. The molecule has 0 heterocycles. The Labute approximate surface area is 109 Å². The summed E-state index contributed by atoms with van der Waals surface area (Å²) in [5.41, 5.74) is -0.699. The normalized spacial score (nSPS) is 44.8. The average Bonchev–Trinajstić information content (AvgIpc) is 2.22. The van der Waals surface area contributed by atoms with Gasteiger partial charge in [0.25, 0.3) is 0 Å². The van der Waals surface area contributed by atoms with Crippen LogP contribution in [0.25, 0.3) is 0 Å². The first-order valence-corrected chi connectivity index (χ1v) is 7.41. The van der Waals surface area contributed by atoms with E-state index in [1.54, 1.807) is 0 Å². The van der Waals surface area contributed by atoms with Gasteiger partial charge in [0.1, 0.15) is 0 Å². The van der Waals surface area contributed by atoms with Crippen molar-refractivity contribution in [1.29, 1.82) is 0 Å². The van der Waals surface area contributed by atoms with Gasteiger partial charge in [0, 0.05) is 12.8 Å². The highest BCUT2D eigenvalue weighted by Gasteiger charge is 2.44. The van der Waals surface area contributed by atoms with E-state index in [-0.39, 0.29) is 24.7 Å². The third kappa shape index (κ3) is 3.23. The molecule has 106 valence electrons. The molecule has 4 unspecified atom stereocenters. The van der Waals surface area contributed by atoms with Crippen molar-refractivity contribution < 1.29 is 13.9 Å². The van der Waals surface area contributed by atoms with Crippen molar-refractivity contribution in [3.8, 4) is 0 Å². The molecule has 0 aromatic heterocycles. The zero-order valence-corrected chi connectivity index (χ0v) is 11.6. The van der Waals surface area contributed by atoms with Gasteiger partial charge in [0.2, 0.25) is 5.92 Å². The Morgan fingerprint density at radius 2 is 1.83 bits per heavy atom. The zero-order valence-electron chi connectivity index (χ0n) is 11.6. The highest BCUT2D eigenvalue weighted by molar-refractivity contribution is 4.93. The maximum absolute atomic E-state index is 13.4. The van der Waals surface area contributed by atoms with Crippen molar-refractivity contribution in [2.24, 2.45) is 17.8 Å². The van der Waals surface area contributed by atoms with E-state index in [4.69, 9.17) is 0 Å². The van der Waals surface area contributed by atoms with E-state index < -0.39 is 11.5 Å². The van der Waals surface area contributed by atoms with Crippen molar-refractivity contribution in [2.45, 2.75) is 76.7 Å². The molecular formula is C15H26F2O. The van der Waals surface area contributed by atoms with E-state index >= 15 is 0 Å². The van der Waals surface area contributed by atoms with Crippen LogP contribution in [0.2, 0.25) is 0 Å². The lowest BCUT2D eigenvalue weighted by atomic mass is 9.66. The largest absolute Gasteiger partial charge is 0.390 e. The molecule has 1 N–H and O–H groups in total. The van der Waals surface area contributed by atoms with Crippen LogP contribution < -0.4 is 0 Å². The van der Waals surface area contributed by atoms with E-state index in [1.807, 2.05) is 0 Å². The number of alkyl halides is 2. The van der Waals surface area contributed by atoms with Crippen LogP contribution in [0.15, 0.2) is 0 Å². The van der Waals surface area contributed by atoms with Crippen LogP contribution in [0, 0.1) is 17.8 Å². The van der Waals surface area contributed by atoms with E-state index in [1.165, 1.54) is 0 Å². The Balaban J connectivity index is 1.98. The Morgan fingerprint density at radius 1 is 1.11 bits per heavy atom. The van der Waals surface area contributed by atoms with Crippen LogP contribution in [-0.2, 0) is 0 Å². The van der Waals surface area contributed by atoms with Crippen LogP contribution in [0.5, 0.6) is 0 Å². The van der Waals surface area contributed by atoms with Gasteiger partial charge in [-0.3, -0.25) is 0 Å². The molecule has 0 aromatic carbocycles. The zero-order chi connectivity index (χ0) is 13.4. The fraction of sp³-hybridized carbons (Fsp3) is 1.00. The van der Waals surface area contributed by atoms with Crippen LogP contribution in [0.1, 0.15) is 65.2 Å². The van der Waals surface area contributed by atoms with Crippen LogP contribution >= 0.6 is 0 Å². The van der Waals surface area contributed by atoms with E-state index in [0.717, 1.165) is 25.7 Å². The van der Waals surface area contributed by atoms with Gasteiger partial charge in [-0.05, 0) is 49.9 Å². The van der Waals surface area contributed by atoms with Crippen molar-refractivity contribution in [2.75, 3.05) is 0 Å². The summed E-state index contributed by atoms with van der Waals surface area (Å²) in [7, 11) is 0. The first-order chi connectivity index (χ1) is 8.31. The number of hydrogen-bond acceptors (Lipinski definition) is 1. The number of aliphatic hydroxyl groups is 1. The lowest BCUT2D eigenvalue weighted by Gasteiger charge is -2.44. The SMILES string of the molecule is CC1CCC(C)C(O)(CC2CCCC(F)(F)C2)C1. The molecule has 0 radical (unpaired) electrons. The third-order valence-corrected chi connectivity index (χ3v) is 5.10. The van der Waals surface area contributed by atoms with Crippen LogP contribution in [0.3, 0.4) is 0 Å². The Kier molecular flexibility index (Phi) is 4.01. The molecule has 2 saturated carbocycles. The van der Waals surface area contributed by atoms with Crippen molar-refractivity contribution >= 4 is 0 Å². The summed E-state index contributed by atoms with van der Waals surface area (Å²) in [6.07, 6.45) is 5.04. The van der Waals surface area contributed by atoms with E-state index in [9.17, 15) is 13.9 Å². The van der Waals surface area contributed by atoms with Gasteiger partial charge in [-0.25, -0.2) is 8.78 Å².